The number of aliphatic hydroxyl groups is 1. The van der Waals surface area contributed by atoms with E-state index in [-0.39, 0.29) is 0 Å². The zero-order valence-corrected chi connectivity index (χ0v) is 15.4. The Kier molecular flexibility index (Phi) is 6.66. The van der Waals surface area contributed by atoms with Gasteiger partial charge in [-0.3, -0.25) is 0 Å². The van der Waals surface area contributed by atoms with Gasteiger partial charge in [0.25, 0.3) is 0 Å². The molecule has 0 heterocycles. The molecule has 3 aromatic carbocycles. The van der Waals surface area contributed by atoms with Crippen LogP contribution in [0.5, 0.6) is 11.5 Å². The van der Waals surface area contributed by atoms with Crippen LogP contribution in [-0.2, 0) is 13.2 Å². The van der Waals surface area contributed by atoms with E-state index in [0.717, 1.165) is 28.2 Å². The highest BCUT2D eigenvalue weighted by atomic mass is 16.5. The molecule has 0 aliphatic rings. The normalized spacial score (nSPS) is 12.1. The van der Waals surface area contributed by atoms with Crippen LogP contribution in [0.4, 0.5) is 0 Å². The molecule has 0 aliphatic carbocycles. The fourth-order valence-corrected chi connectivity index (χ4v) is 2.60. The molecule has 3 nitrogen and oxygen atoms in total. The first-order valence-corrected chi connectivity index (χ1v) is 9.04. The summed E-state index contributed by atoms with van der Waals surface area (Å²) in [5.41, 5.74) is 3.09. The van der Waals surface area contributed by atoms with Gasteiger partial charge in [-0.1, -0.05) is 72.8 Å². The molecular formula is C24H24O3. The van der Waals surface area contributed by atoms with E-state index in [9.17, 15) is 5.11 Å². The van der Waals surface area contributed by atoms with Crippen LogP contribution in [-0.4, -0.2) is 11.2 Å². The summed E-state index contributed by atoms with van der Waals surface area (Å²) in [4.78, 5) is 0. The lowest BCUT2D eigenvalue weighted by Gasteiger charge is -2.13. The maximum absolute atomic E-state index is 9.57. The number of hydrogen-bond donors (Lipinski definition) is 1. The summed E-state index contributed by atoms with van der Waals surface area (Å²) in [6, 6.07) is 25.8. The lowest BCUT2D eigenvalue weighted by Crippen LogP contribution is -1.99. The number of benzene rings is 3. The molecule has 0 amide bonds. The Balaban J connectivity index is 1.73. The van der Waals surface area contributed by atoms with Crippen LogP contribution in [0.2, 0.25) is 0 Å². The van der Waals surface area contributed by atoms with Crippen LogP contribution in [0.3, 0.4) is 0 Å². The molecule has 0 radical (unpaired) electrons. The number of aliphatic hydroxyl groups excluding tert-OH is 1. The summed E-state index contributed by atoms with van der Waals surface area (Å²) >= 11 is 0. The third-order valence-electron chi connectivity index (χ3n) is 4.02. The van der Waals surface area contributed by atoms with Crippen LogP contribution < -0.4 is 9.47 Å². The molecular weight excluding hydrogens is 336 g/mol. The van der Waals surface area contributed by atoms with Crippen LogP contribution in [0.1, 0.15) is 23.6 Å². The largest absolute Gasteiger partial charge is 0.489 e. The highest BCUT2D eigenvalue weighted by molar-refractivity contribution is 5.60. The van der Waals surface area contributed by atoms with Crippen molar-refractivity contribution in [2.45, 2.75) is 26.2 Å². The van der Waals surface area contributed by atoms with E-state index < -0.39 is 6.10 Å². The molecule has 0 aromatic heterocycles. The fraction of sp³-hybridized carbons (Fsp3) is 0.167. The average Bonchev–Trinajstić information content (AvgIpc) is 2.71. The van der Waals surface area contributed by atoms with E-state index >= 15 is 0 Å². The van der Waals surface area contributed by atoms with E-state index in [0.29, 0.717) is 13.2 Å². The molecule has 0 fully saturated rings. The van der Waals surface area contributed by atoms with E-state index in [1.807, 2.05) is 84.9 Å². The minimum absolute atomic E-state index is 0.487. The van der Waals surface area contributed by atoms with Gasteiger partial charge in [0.2, 0.25) is 0 Å². The Morgan fingerprint density at radius 3 is 2.00 bits per heavy atom. The van der Waals surface area contributed by atoms with Crippen molar-refractivity contribution in [3.8, 4) is 11.5 Å². The lowest BCUT2D eigenvalue weighted by atomic mass is 10.1. The number of rotatable bonds is 8. The van der Waals surface area contributed by atoms with Gasteiger partial charge in [0, 0.05) is 5.56 Å². The highest BCUT2D eigenvalue weighted by Gasteiger charge is 2.06. The predicted octanol–water partition coefficient (Wildman–Crippen LogP) is 5.24. The van der Waals surface area contributed by atoms with E-state index in [4.69, 9.17) is 9.47 Å². The Hall–Kier alpha value is -3.04. The summed E-state index contributed by atoms with van der Waals surface area (Å²) in [5.74, 6) is 1.51. The maximum atomic E-state index is 9.57. The monoisotopic (exact) mass is 360 g/mol. The molecule has 27 heavy (non-hydrogen) atoms. The standard InChI is InChI=1S/C24H24O3/c1-19(25)12-13-22-16-23(26-17-20-8-4-2-5-9-20)14-15-24(22)27-18-21-10-6-3-7-11-21/h2-16,19,25H,17-18H2,1H3. The molecule has 0 bridgehead atoms. The highest BCUT2D eigenvalue weighted by Crippen LogP contribution is 2.27. The van der Waals surface area contributed by atoms with Crippen molar-refractivity contribution >= 4 is 6.08 Å². The Morgan fingerprint density at radius 2 is 1.41 bits per heavy atom. The topological polar surface area (TPSA) is 38.7 Å². The second-order valence-corrected chi connectivity index (χ2v) is 6.35. The first-order valence-electron chi connectivity index (χ1n) is 9.04. The first-order chi connectivity index (χ1) is 13.2. The van der Waals surface area contributed by atoms with Crippen molar-refractivity contribution in [2.24, 2.45) is 0 Å². The predicted molar refractivity (Wildman–Crippen MR) is 109 cm³/mol. The molecule has 3 heteroatoms. The molecule has 3 rings (SSSR count). The van der Waals surface area contributed by atoms with Crippen LogP contribution in [0.25, 0.3) is 6.08 Å². The minimum atomic E-state index is -0.527. The second kappa shape index (κ2) is 9.60. The molecule has 0 spiro atoms. The molecule has 0 saturated heterocycles. The van der Waals surface area contributed by atoms with Crippen molar-refractivity contribution in [2.75, 3.05) is 0 Å². The van der Waals surface area contributed by atoms with Crippen molar-refractivity contribution < 1.29 is 14.6 Å². The van der Waals surface area contributed by atoms with Gasteiger partial charge >= 0.3 is 0 Å². The van der Waals surface area contributed by atoms with Crippen molar-refractivity contribution in [1.29, 1.82) is 0 Å². The minimum Gasteiger partial charge on any atom is -0.489 e. The van der Waals surface area contributed by atoms with Crippen molar-refractivity contribution in [1.82, 2.24) is 0 Å². The van der Waals surface area contributed by atoms with Crippen LogP contribution in [0.15, 0.2) is 84.9 Å². The molecule has 1 atom stereocenters. The van der Waals surface area contributed by atoms with E-state index in [2.05, 4.69) is 0 Å². The molecule has 1 N–H and O–H groups in total. The van der Waals surface area contributed by atoms with Crippen molar-refractivity contribution in [3.05, 3.63) is 102 Å². The lowest BCUT2D eigenvalue weighted by molar-refractivity contribution is 0.245. The summed E-state index contributed by atoms with van der Waals surface area (Å²) < 4.78 is 11.9. The Bertz CT molecular complexity index is 855. The SMILES string of the molecule is CC(O)C=Cc1cc(OCc2ccccc2)ccc1OCc1ccccc1. The molecule has 0 saturated carbocycles. The Labute approximate surface area is 160 Å². The third-order valence-corrected chi connectivity index (χ3v) is 4.02. The Morgan fingerprint density at radius 1 is 0.815 bits per heavy atom. The van der Waals surface area contributed by atoms with Gasteiger partial charge in [0.15, 0.2) is 0 Å². The van der Waals surface area contributed by atoms with Crippen LogP contribution in [0, 0.1) is 0 Å². The van der Waals surface area contributed by atoms with Gasteiger partial charge in [-0.05, 0) is 36.2 Å². The van der Waals surface area contributed by atoms with Crippen LogP contribution >= 0.6 is 0 Å². The van der Waals surface area contributed by atoms with Gasteiger partial charge in [0.1, 0.15) is 24.7 Å². The van der Waals surface area contributed by atoms with Gasteiger partial charge in [-0.2, -0.15) is 0 Å². The summed E-state index contributed by atoms with van der Waals surface area (Å²) in [7, 11) is 0. The first kappa shape index (κ1) is 18.7. The number of hydrogen-bond acceptors (Lipinski definition) is 3. The zero-order valence-electron chi connectivity index (χ0n) is 15.4. The smallest absolute Gasteiger partial charge is 0.127 e. The van der Waals surface area contributed by atoms with Gasteiger partial charge in [0.05, 0.1) is 6.10 Å². The molecule has 0 aliphatic heterocycles. The quantitative estimate of drug-likeness (QED) is 0.597. The second-order valence-electron chi connectivity index (χ2n) is 6.35. The fourth-order valence-electron chi connectivity index (χ4n) is 2.60. The summed E-state index contributed by atoms with van der Waals surface area (Å²) in [6.45, 7) is 2.71. The number of ether oxygens (including phenoxy) is 2. The van der Waals surface area contributed by atoms with Gasteiger partial charge < -0.3 is 14.6 Å². The van der Waals surface area contributed by atoms with Crippen molar-refractivity contribution in [3.63, 3.8) is 0 Å². The van der Waals surface area contributed by atoms with E-state index in [1.54, 1.807) is 13.0 Å². The molecule has 138 valence electrons. The maximum Gasteiger partial charge on any atom is 0.127 e. The van der Waals surface area contributed by atoms with Gasteiger partial charge in [-0.15, -0.1) is 0 Å². The average molecular weight is 360 g/mol. The summed E-state index contributed by atoms with van der Waals surface area (Å²) in [6.07, 6.45) is 3.06. The molecule has 1 unspecified atom stereocenters. The summed E-state index contributed by atoms with van der Waals surface area (Å²) in [5, 5.41) is 9.57. The zero-order chi connectivity index (χ0) is 18.9. The van der Waals surface area contributed by atoms with E-state index in [1.165, 1.54) is 0 Å². The molecule has 3 aromatic rings. The third kappa shape index (κ3) is 6.01. The van der Waals surface area contributed by atoms with Gasteiger partial charge in [-0.25, -0.2) is 0 Å².